The normalized spacial score (nSPS) is 12.0. The fourth-order valence-electron chi connectivity index (χ4n) is 9.74. The van der Waals surface area contributed by atoms with Gasteiger partial charge in [0.25, 0.3) is 0 Å². The molecule has 0 unspecified atom stereocenters. The van der Waals surface area contributed by atoms with E-state index in [-0.39, 0.29) is 31.1 Å². The van der Waals surface area contributed by atoms with Gasteiger partial charge in [0.1, 0.15) is 13.2 Å². The molecule has 414 valence electrons. The first-order valence-corrected chi connectivity index (χ1v) is 31.7. The Morgan fingerprint density at radius 1 is 0.271 bits per heavy atom. The Balaban J connectivity index is 4.22. The third-order valence-corrected chi connectivity index (χ3v) is 14.5. The van der Waals surface area contributed by atoms with Gasteiger partial charge in [-0.3, -0.25) is 14.4 Å². The predicted octanol–water partition coefficient (Wildman–Crippen LogP) is 21.3. The molecule has 0 saturated carbocycles. The Labute approximate surface area is 437 Å². The first kappa shape index (κ1) is 68.2. The van der Waals surface area contributed by atoms with Crippen molar-refractivity contribution in [3.8, 4) is 0 Å². The fourth-order valence-corrected chi connectivity index (χ4v) is 9.74. The third kappa shape index (κ3) is 57.1. The Bertz CT molecular complexity index is 1090. The van der Waals surface area contributed by atoms with Crippen LogP contribution < -0.4 is 0 Å². The monoisotopic (exact) mass is 987 g/mol. The van der Waals surface area contributed by atoms with E-state index in [1.807, 2.05) is 0 Å². The second-order valence-corrected chi connectivity index (χ2v) is 21.7. The van der Waals surface area contributed by atoms with Crippen molar-refractivity contribution < 1.29 is 28.6 Å². The molecule has 0 bridgehead atoms. The highest BCUT2D eigenvalue weighted by atomic mass is 16.6. The van der Waals surface area contributed by atoms with Crippen LogP contribution in [-0.4, -0.2) is 37.2 Å². The highest BCUT2D eigenvalue weighted by Crippen LogP contribution is 2.18. The van der Waals surface area contributed by atoms with Crippen LogP contribution in [0.15, 0.2) is 12.2 Å². The summed E-state index contributed by atoms with van der Waals surface area (Å²) in [7, 11) is 0. The average Bonchev–Trinajstić information content (AvgIpc) is 3.36. The van der Waals surface area contributed by atoms with Crippen molar-refractivity contribution >= 4 is 17.9 Å². The number of carbonyl (C=O) groups is 3. The lowest BCUT2D eigenvalue weighted by molar-refractivity contribution is -0.167. The van der Waals surface area contributed by atoms with Crippen LogP contribution in [0, 0.1) is 0 Å². The van der Waals surface area contributed by atoms with E-state index in [4.69, 9.17) is 14.2 Å². The molecule has 6 heteroatoms. The molecule has 0 aromatic heterocycles. The second kappa shape index (κ2) is 59.7. The van der Waals surface area contributed by atoms with Crippen LogP contribution in [0.4, 0.5) is 0 Å². The van der Waals surface area contributed by atoms with Crippen molar-refractivity contribution in [1.82, 2.24) is 0 Å². The molecule has 0 radical (unpaired) electrons. The summed E-state index contributed by atoms with van der Waals surface area (Å²) in [5.41, 5.74) is 0. The molecule has 0 aliphatic heterocycles. The van der Waals surface area contributed by atoms with Crippen LogP contribution >= 0.6 is 0 Å². The van der Waals surface area contributed by atoms with E-state index in [9.17, 15) is 14.4 Å². The van der Waals surface area contributed by atoms with E-state index in [0.717, 1.165) is 57.8 Å². The van der Waals surface area contributed by atoms with Gasteiger partial charge in [0.2, 0.25) is 0 Å². The number of allylic oxidation sites excluding steroid dienone is 2. The lowest BCUT2D eigenvalue weighted by Crippen LogP contribution is -2.30. The van der Waals surface area contributed by atoms with Crippen molar-refractivity contribution in [2.75, 3.05) is 13.2 Å². The Morgan fingerprint density at radius 2 is 0.471 bits per heavy atom. The summed E-state index contributed by atoms with van der Waals surface area (Å²) in [4.78, 5) is 38.2. The zero-order chi connectivity index (χ0) is 50.7. The topological polar surface area (TPSA) is 78.9 Å². The minimum absolute atomic E-state index is 0.0640. The average molecular weight is 988 g/mol. The number of carbonyl (C=O) groups excluding carboxylic acids is 3. The molecule has 0 aliphatic carbocycles. The van der Waals surface area contributed by atoms with Crippen molar-refractivity contribution in [2.24, 2.45) is 0 Å². The summed E-state index contributed by atoms with van der Waals surface area (Å²) in [5, 5.41) is 0. The summed E-state index contributed by atoms with van der Waals surface area (Å²) in [6.45, 7) is 6.70. The summed E-state index contributed by atoms with van der Waals surface area (Å²) < 4.78 is 16.9. The first-order chi connectivity index (χ1) is 34.5. The summed E-state index contributed by atoms with van der Waals surface area (Å²) in [6, 6.07) is 0. The Hall–Kier alpha value is -1.85. The van der Waals surface area contributed by atoms with Gasteiger partial charge in [-0.25, -0.2) is 0 Å². The van der Waals surface area contributed by atoms with Crippen molar-refractivity contribution in [3.63, 3.8) is 0 Å². The number of unbranched alkanes of at least 4 members (excludes halogenated alkanes) is 46. The Morgan fingerprint density at radius 3 is 0.714 bits per heavy atom. The zero-order valence-corrected chi connectivity index (χ0v) is 47.6. The van der Waals surface area contributed by atoms with Crippen LogP contribution in [0.3, 0.4) is 0 Å². The van der Waals surface area contributed by atoms with Gasteiger partial charge in [-0.05, 0) is 44.9 Å². The fraction of sp³-hybridized carbons (Fsp3) is 0.922. The molecule has 0 fully saturated rings. The van der Waals surface area contributed by atoms with Gasteiger partial charge >= 0.3 is 17.9 Å². The third-order valence-electron chi connectivity index (χ3n) is 14.5. The van der Waals surface area contributed by atoms with Gasteiger partial charge in [-0.2, -0.15) is 0 Å². The highest BCUT2D eigenvalue weighted by Gasteiger charge is 2.19. The predicted molar refractivity (Wildman–Crippen MR) is 303 cm³/mol. The van der Waals surface area contributed by atoms with Crippen molar-refractivity contribution in [3.05, 3.63) is 12.2 Å². The lowest BCUT2D eigenvalue weighted by Gasteiger charge is -2.18. The minimum atomic E-state index is -0.765. The zero-order valence-electron chi connectivity index (χ0n) is 47.6. The van der Waals surface area contributed by atoms with E-state index in [0.29, 0.717) is 19.3 Å². The molecule has 70 heavy (non-hydrogen) atoms. The molecular weight excluding hydrogens is 865 g/mol. The van der Waals surface area contributed by atoms with E-state index < -0.39 is 6.10 Å². The van der Waals surface area contributed by atoms with Gasteiger partial charge in [-0.1, -0.05) is 309 Å². The Kier molecular flexibility index (Phi) is 58.1. The molecule has 0 aromatic carbocycles. The van der Waals surface area contributed by atoms with Gasteiger partial charge < -0.3 is 14.2 Å². The molecule has 0 aromatic rings. The number of hydrogen-bond donors (Lipinski definition) is 0. The SMILES string of the molecule is CCCCCCCC/C=C\CCCCCCCCCCCC(=O)OC[C@H](COC(=O)CCCCCCCCCCCCCCCCCCCCCCC)OC(=O)CCCCCCCCCCCCCC. The molecule has 0 saturated heterocycles. The van der Waals surface area contributed by atoms with Gasteiger partial charge in [-0.15, -0.1) is 0 Å². The molecule has 6 nitrogen and oxygen atoms in total. The minimum Gasteiger partial charge on any atom is -0.462 e. The molecule has 0 aliphatic rings. The smallest absolute Gasteiger partial charge is 0.306 e. The van der Waals surface area contributed by atoms with Gasteiger partial charge in [0.15, 0.2) is 6.10 Å². The van der Waals surface area contributed by atoms with Crippen LogP contribution in [0.1, 0.15) is 361 Å². The van der Waals surface area contributed by atoms with Crippen LogP contribution in [0.25, 0.3) is 0 Å². The highest BCUT2D eigenvalue weighted by molar-refractivity contribution is 5.71. The number of esters is 3. The van der Waals surface area contributed by atoms with E-state index in [2.05, 4.69) is 32.9 Å². The molecule has 0 spiro atoms. The number of ether oxygens (including phenoxy) is 3. The molecule has 0 N–H and O–H groups in total. The summed E-state index contributed by atoms with van der Waals surface area (Å²) in [5.74, 6) is -0.838. The molecule has 1 atom stereocenters. The van der Waals surface area contributed by atoms with Crippen LogP contribution in [-0.2, 0) is 28.6 Å². The summed E-state index contributed by atoms with van der Waals surface area (Å²) >= 11 is 0. The maximum Gasteiger partial charge on any atom is 0.306 e. The van der Waals surface area contributed by atoms with Crippen LogP contribution in [0.5, 0.6) is 0 Å². The second-order valence-electron chi connectivity index (χ2n) is 21.7. The number of hydrogen-bond acceptors (Lipinski definition) is 6. The van der Waals surface area contributed by atoms with Gasteiger partial charge in [0.05, 0.1) is 0 Å². The molecule has 0 amide bonds. The van der Waals surface area contributed by atoms with Crippen molar-refractivity contribution in [2.45, 2.75) is 367 Å². The first-order valence-electron chi connectivity index (χ1n) is 31.7. The quantitative estimate of drug-likeness (QED) is 0.0261. The van der Waals surface area contributed by atoms with E-state index >= 15 is 0 Å². The maximum atomic E-state index is 12.9. The summed E-state index contributed by atoms with van der Waals surface area (Å²) in [6.07, 6.45) is 69.3. The number of rotatable bonds is 59. The van der Waals surface area contributed by atoms with Crippen LogP contribution in [0.2, 0.25) is 0 Å². The standard InChI is InChI=1S/C64H122O6/c1-4-7-10-13-16-19-22-25-27-29-31-32-34-36-38-40-43-45-48-51-54-57-63(66)69-60-61(70-64(67)58-55-52-49-46-41-24-21-18-15-12-9-6-3)59-68-62(65)56-53-50-47-44-42-39-37-35-33-30-28-26-23-20-17-14-11-8-5-2/h26,28,61H,4-25,27,29-60H2,1-3H3/b28-26-/t61-/m1/s1. The van der Waals surface area contributed by atoms with Crippen molar-refractivity contribution in [1.29, 1.82) is 0 Å². The lowest BCUT2D eigenvalue weighted by atomic mass is 10.0. The van der Waals surface area contributed by atoms with E-state index in [1.54, 1.807) is 0 Å². The van der Waals surface area contributed by atoms with Gasteiger partial charge in [0, 0.05) is 19.3 Å². The molecule has 0 rings (SSSR count). The van der Waals surface area contributed by atoms with E-state index in [1.165, 1.54) is 263 Å². The maximum absolute atomic E-state index is 12.9. The largest absolute Gasteiger partial charge is 0.462 e. The molecular formula is C64H122O6. The molecule has 0 heterocycles.